The van der Waals surface area contributed by atoms with Crippen LogP contribution in [0.1, 0.15) is 23.7 Å². The highest BCUT2D eigenvalue weighted by Gasteiger charge is 2.24. The Morgan fingerprint density at radius 3 is 2.54 bits per heavy atom. The Balaban J connectivity index is 2.09. The van der Waals surface area contributed by atoms with Crippen LogP contribution in [-0.2, 0) is 16.1 Å². The lowest BCUT2D eigenvalue weighted by Crippen LogP contribution is -2.27. The largest absolute Gasteiger partial charge is 0.421 e. The molecule has 8 nitrogen and oxygen atoms in total. The molecule has 1 amide bonds. The summed E-state index contributed by atoms with van der Waals surface area (Å²) < 4.78 is 27.3. The number of aromatic nitrogens is 1. The van der Waals surface area contributed by atoms with E-state index in [1.807, 2.05) is 0 Å². The average molecular weight is 506 g/mol. The molecule has 0 aliphatic carbocycles. The lowest BCUT2D eigenvalue weighted by atomic mass is 9.99. The van der Waals surface area contributed by atoms with Crippen LogP contribution in [0, 0.1) is 26.6 Å². The standard InChI is InChI=1S/C28H28FN3O5/c1-15-9-10-22(21(29)13-15)31-25-16(2)28(35)37-26-23(19-7-6-8-20(14-19)30-18(4)33)17(3)32(11-12-36-5)27(34)24(25)26/h6-10,13-14,31H,11-12H2,1-5H3,(H,30,33). The number of rotatable bonds is 7. The molecule has 192 valence electrons. The molecule has 0 aliphatic rings. The van der Waals surface area contributed by atoms with Crippen molar-refractivity contribution in [3.05, 3.63) is 85.9 Å². The highest BCUT2D eigenvalue weighted by atomic mass is 19.1. The maximum Gasteiger partial charge on any atom is 0.341 e. The average Bonchev–Trinajstić information content (AvgIpc) is 2.83. The first-order valence-electron chi connectivity index (χ1n) is 11.7. The molecular formula is C28H28FN3O5. The number of aryl methyl sites for hydroxylation is 1. The number of methoxy groups -OCH3 is 1. The number of carbonyl (C=O) groups is 1. The zero-order valence-electron chi connectivity index (χ0n) is 21.3. The predicted molar refractivity (Wildman–Crippen MR) is 142 cm³/mol. The van der Waals surface area contributed by atoms with Gasteiger partial charge in [-0.3, -0.25) is 9.59 Å². The smallest absolute Gasteiger partial charge is 0.341 e. The molecule has 0 saturated heterocycles. The Morgan fingerprint density at radius 1 is 1.11 bits per heavy atom. The van der Waals surface area contributed by atoms with E-state index in [0.717, 1.165) is 5.56 Å². The molecular weight excluding hydrogens is 477 g/mol. The van der Waals surface area contributed by atoms with Crippen molar-refractivity contribution >= 4 is 33.9 Å². The fourth-order valence-corrected chi connectivity index (χ4v) is 4.35. The van der Waals surface area contributed by atoms with Crippen LogP contribution in [0.4, 0.5) is 21.5 Å². The van der Waals surface area contributed by atoms with Gasteiger partial charge in [0, 0.05) is 37.5 Å². The molecule has 4 aromatic rings. The Labute approximate surface area is 212 Å². The SMILES string of the molecule is COCCn1c(C)c(-c2cccc(NC(C)=O)c2)c2oc(=O)c(C)c(Nc3ccc(C)cc3F)c2c1=O. The van der Waals surface area contributed by atoms with E-state index in [1.54, 1.807) is 54.8 Å². The van der Waals surface area contributed by atoms with Crippen molar-refractivity contribution in [3.8, 4) is 11.1 Å². The first-order valence-corrected chi connectivity index (χ1v) is 11.7. The van der Waals surface area contributed by atoms with Crippen molar-refractivity contribution in [1.29, 1.82) is 0 Å². The topological polar surface area (TPSA) is 103 Å². The second-order valence-corrected chi connectivity index (χ2v) is 8.87. The minimum atomic E-state index is -0.657. The minimum absolute atomic E-state index is 0.0711. The van der Waals surface area contributed by atoms with Crippen LogP contribution in [0.2, 0.25) is 0 Å². The molecule has 0 fully saturated rings. The second kappa shape index (κ2) is 10.4. The molecule has 2 heterocycles. The van der Waals surface area contributed by atoms with Crippen LogP contribution in [-0.4, -0.2) is 24.2 Å². The van der Waals surface area contributed by atoms with Gasteiger partial charge >= 0.3 is 5.63 Å². The molecule has 9 heteroatoms. The molecule has 2 aromatic heterocycles. The number of amides is 1. The Morgan fingerprint density at radius 2 is 1.86 bits per heavy atom. The van der Waals surface area contributed by atoms with Crippen LogP contribution in [0.25, 0.3) is 22.1 Å². The van der Waals surface area contributed by atoms with Gasteiger partial charge in [-0.2, -0.15) is 0 Å². The number of fused-ring (bicyclic) bond motifs is 1. The molecule has 0 spiro atoms. The van der Waals surface area contributed by atoms with E-state index in [9.17, 15) is 18.8 Å². The maximum atomic E-state index is 14.8. The second-order valence-electron chi connectivity index (χ2n) is 8.87. The number of nitrogens with zero attached hydrogens (tertiary/aromatic N) is 1. The van der Waals surface area contributed by atoms with Crippen molar-refractivity contribution in [2.45, 2.75) is 34.2 Å². The molecule has 37 heavy (non-hydrogen) atoms. The van der Waals surface area contributed by atoms with Crippen LogP contribution in [0.15, 0.2) is 56.5 Å². The molecule has 0 radical (unpaired) electrons. The molecule has 2 aromatic carbocycles. The Kier molecular flexibility index (Phi) is 7.26. The van der Waals surface area contributed by atoms with Gasteiger partial charge in [-0.05, 0) is 56.2 Å². The summed E-state index contributed by atoms with van der Waals surface area (Å²) in [5.74, 6) is -0.756. The van der Waals surface area contributed by atoms with Gasteiger partial charge in [0.1, 0.15) is 11.2 Å². The summed E-state index contributed by atoms with van der Waals surface area (Å²) in [7, 11) is 1.54. The number of halogens is 1. The van der Waals surface area contributed by atoms with E-state index in [1.165, 1.54) is 27.0 Å². The third kappa shape index (κ3) is 5.03. The zero-order valence-corrected chi connectivity index (χ0v) is 21.3. The highest BCUT2D eigenvalue weighted by Crippen LogP contribution is 2.36. The lowest BCUT2D eigenvalue weighted by molar-refractivity contribution is -0.114. The Bertz CT molecular complexity index is 1640. The number of benzene rings is 2. The van der Waals surface area contributed by atoms with Gasteiger partial charge in [-0.25, -0.2) is 9.18 Å². The number of ether oxygens (including phenoxy) is 1. The van der Waals surface area contributed by atoms with E-state index >= 15 is 0 Å². The summed E-state index contributed by atoms with van der Waals surface area (Å²) in [5, 5.41) is 5.83. The molecule has 0 bridgehead atoms. The first-order chi connectivity index (χ1) is 17.6. The zero-order chi connectivity index (χ0) is 26.9. The number of nitrogens with one attached hydrogen (secondary N) is 2. The number of pyridine rings is 1. The van der Waals surface area contributed by atoms with Crippen molar-refractivity contribution in [3.63, 3.8) is 0 Å². The summed E-state index contributed by atoms with van der Waals surface area (Å²) in [6, 6.07) is 11.7. The van der Waals surface area contributed by atoms with Crippen LogP contribution < -0.4 is 21.8 Å². The summed E-state index contributed by atoms with van der Waals surface area (Å²) in [5.41, 5.74) is 2.39. The van der Waals surface area contributed by atoms with E-state index in [0.29, 0.717) is 22.5 Å². The van der Waals surface area contributed by atoms with Crippen LogP contribution in [0.5, 0.6) is 0 Å². The van der Waals surface area contributed by atoms with Gasteiger partial charge in [0.05, 0.1) is 23.5 Å². The van der Waals surface area contributed by atoms with Crippen molar-refractivity contribution in [1.82, 2.24) is 4.57 Å². The monoisotopic (exact) mass is 505 g/mol. The molecule has 0 saturated carbocycles. The van der Waals surface area contributed by atoms with E-state index < -0.39 is 17.0 Å². The third-order valence-electron chi connectivity index (χ3n) is 6.18. The number of hydrogen-bond acceptors (Lipinski definition) is 6. The van der Waals surface area contributed by atoms with Gasteiger partial charge in [0.2, 0.25) is 5.91 Å². The third-order valence-corrected chi connectivity index (χ3v) is 6.18. The number of carbonyl (C=O) groups excluding carboxylic acids is 1. The van der Waals surface area contributed by atoms with Gasteiger partial charge < -0.3 is 24.4 Å². The number of hydrogen-bond donors (Lipinski definition) is 2. The van der Waals surface area contributed by atoms with Crippen molar-refractivity contribution in [2.75, 3.05) is 24.4 Å². The van der Waals surface area contributed by atoms with Crippen molar-refractivity contribution in [2.24, 2.45) is 0 Å². The van der Waals surface area contributed by atoms with Crippen LogP contribution >= 0.6 is 0 Å². The highest BCUT2D eigenvalue weighted by molar-refractivity contribution is 6.01. The van der Waals surface area contributed by atoms with Gasteiger partial charge in [0.15, 0.2) is 5.58 Å². The summed E-state index contributed by atoms with van der Waals surface area (Å²) in [6.45, 7) is 6.96. The van der Waals surface area contributed by atoms with E-state index in [2.05, 4.69) is 10.6 Å². The molecule has 0 atom stereocenters. The molecule has 4 rings (SSSR count). The van der Waals surface area contributed by atoms with Crippen molar-refractivity contribution < 1.29 is 18.3 Å². The first kappa shape index (κ1) is 25.8. The van der Waals surface area contributed by atoms with Gasteiger partial charge in [0.25, 0.3) is 5.56 Å². The predicted octanol–water partition coefficient (Wildman–Crippen LogP) is 5.03. The fraction of sp³-hybridized carbons (Fsp3) is 0.250. The van der Waals surface area contributed by atoms with E-state index in [4.69, 9.17) is 9.15 Å². The Hall–Kier alpha value is -4.24. The molecule has 0 unspecified atom stereocenters. The summed E-state index contributed by atoms with van der Waals surface area (Å²) in [6.07, 6.45) is 0. The summed E-state index contributed by atoms with van der Waals surface area (Å²) in [4.78, 5) is 38.4. The van der Waals surface area contributed by atoms with E-state index in [-0.39, 0.29) is 47.0 Å². The van der Waals surface area contributed by atoms with Gasteiger partial charge in [-0.1, -0.05) is 18.2 Å². The number of anilines is 3. The maximum absolute atomic E-state index is 14.8. The normalized spacial score (nSPS) is 11.1. The molecule has 2 N–H and O–H groups in total. The summed E-state index contributed by atoms with van der Waals surface area (Å²) >= 11 is 0. The van der Waals surface area contributed by atoms with Crippen LogP contribution in [0.3, 0.4) is 0 Å². The van der Waals surface area contributed by atoms with Gasteiger partial charge in [-0.15, -0.1) is 0 Å². The quantitative estimate of drug-likeness (QED) is 0.365. The fourth-order valence-electron chi connectivity index (χ4n) is 4.35. The molecule has 0 aliphatic heterocycles. The lowest BCUT2D eigenvalue weighted by Gasteiger charge is -2.20. The minimum Gasteiger partial charge on any atom is -0.421 e.